The number of benzene rings is 2. The SMILES string of the molecule is Cc1cc(C)n2nc(CCCOC(=O)c3cccc(NC(=O)Nc4ccc(Cl)c(Cl)c4)c3)nc2n1. The van der Waals surface area contributed by atoms with Crippen LogP contribution in [0.25, 0.3) is 5.78 Å². The molecular formula is C24H22Cl2N6O3. The zero-order valence-corrected chi connectivity index (χ0v) is 20.5. The lowest BCUT2D eigenvalue weighted by atomic mass is 10.2. The summed E-state index contributed by atoms with van der Waals surface area (Å²) in [4.78, 5) is 33.5. The number of hydrogen-bond donors (Lipinski definition) is 2. The van der Waals surface area contributed by atoms with E-state index in [2.05, 4.69) is 25.7 Å². The van der Waals surface area contributed by atoms with E-state index in [4.69, 9.17) is 27.9 Å². The van der Waals surface area contributed by atoms with Crippen LogP contribution < -0.4 is 10.6 Å². The van der Waals surface area contributed by atoms with E-state index in [1.54, 1.807) is 34.8 Å². The molecule has 0 saturated heterocycles. The predicted molar refractivity (Wildman–Crippen MR) is 134 cm³/mol. The van der Waals surface area contributed by atoms with E-state index >= 15 is 0 Å². The van der Waals surface area contributed by atoms with Crippen LogP contribution in [0, 0.1) is 13.8 Å². The molecule has 0 fully saturated rings. The number of aromatic nitrogens is 4. The summed E-state index contributed by atoms with van der Waals surface area (Å²) >= 11 is 11.8. The molecule has 0 aliphatic heterocycles. The van der Waals surface area contributed by atoms with Gasteiger partial charge in [-0.05, 0) is 62.7 Å². The number of nitrogens with zero attached hydrogens (tertiary/aromatic N) is 4. The number of amides is 2. The van der Waals surface area contributed by atoms with E-state index in [0.29, 0.717) is 51.4 Å². The molecule has 9 nitrogen and oxygen atoms in total. The molecule has 0 unspecified atom stereocenters. The average molecular weight is 513 g/mol. The van der Waals surface area contributed by atoms with E-state index in [9.17, 15) is 9.59 Å². The largest absolute Gasteiger partial charge is 0.462 e. The number of rotatable bonds is 7. The molecule has 0 saturated carbocycles. The Hall–Kier alpha value is -3.69. The number of halogens is 2. The Labute approximate surface area is 211 Å². The molecule has 0 aliphatic carbocycles. The zero-order valence-electron chi connectivity index (χ0n) is 19.0. The first-order chi connectivity index (χ1) is 16.8. The molecule has 180 valence electrons. The minimum absolute atomic E-state index is 0.204. The summed E-state index contributed by atoms with van der Waals surface area (Å²) in [6, 6.07) is 12.7. The summed E-state index contributed by atoms with van der Waals surface area (Å²) in [5.41, 5.74) is 3.07. The van der Waals surface area contributed by atoms with Gasteiger partial charge in [-0.15, -0.1) is 5.10 Å². The summed E-state index contributed by atoms with van der Waals surface area (Å²) in [7, 11) is 0. The number of carbonyl (C=O) groups is 2. The Kier molecular flexibility index (Phi) is 7.48. The van der Waals surface area contributed by atoms with E-state index in [1.165, 1.54) is 12.1 Å². The van der Waals surface area contributed by atoms with Crippen LogP contribution in [0.5, 0.6) is 0 Å². The van der Waals surface area contributed by atoms with Crippen molar-refractivity contribution in [1.82, 2.24) is 19.6 Å². The van der Waals surface area contributed by atoms with Gasteiger partial charge in [0.1, 0.15) is 0 Å². The van der Waals surface area contributed by atoms with Crippen molar-refractivity contribution in [2.75, 3.05) is 17.2 Å². The van der Waals surface area contributed by atoms with Crippen molar-refractivity contribution in [3.8, 4) is 0 Å². The maximum atomic E-state index is 12.5. The van der Waals surface area contributed by atoms with Gasteiger partial charge in [-0.1, -0.05) is 29.3 Å². The second-order valence-electron chi connectivity index (χ2n) is 7.81. The topological polar surface area (TPSA) is 111 Å². The smallest absolute Gasteiger partial charge is 0.338 e. The van der Waals surface area contributed by atoms with E-state index < -0.39 is 12.0 Å². The Balaban J connectivity index is 1.28. The highest BCUT2D eigenvalue weighted by atomic mass is 35.5. The number of hydrogen-bond acceptors (Lipinski definition) is 6. The lowest BCUT2D eigenvalue weighted by Crippen LogP contribution is -2.19. The van der Waals surface area contributed by atoms with E-state index in [-0.39, 0.29) is 6.61 Å². The minimum atomic E-state index is -0.492. The van der Waals surface area contributed by atoms with Crippen LogP contribution in [0.2, 0.25) is 10.0 Å². The molecule has 4 rings (SSSR count). The first kappa shape index (κ1) is 24.4. The molecular weight excluding hydrogens is 491 g/mol. The molecule has 0 radical (unpaired) electrons. The van der Waals surface area contributed by atoms with Crippen LogP contribution in [0.1, 0.15) is 34.0 Å². The Bertz CT molecular complexity index is 1410. The van der Waals surface area contributed by atoms with Crippen LogP contribution in [-0.4, -0.2) is 38.2 Å². The van der Waals surface area contributed by atoms with Crippen molar-refractivity contribution < 1.29 is 14.3 Å². The number of fused-ring (bicyclic) bond motifs is 1. The van der Waals surface area contributed by atoms with E-state index in [0.717, 1.165) is 11.4 Å². The highest BCUT2D eigenvalue weighted by Crippen LogP contribution is 2.25. The van der Waals surface area contributed by atoms with Crippen molar-refractivity contribution in [3.05, 3.63) is 81.4 Å². The van der Waals surface area contributed by atoms with E-state index in [1.807, 2.05) is 19.9 Å². The first-order valence-electron chi connectivity index (χ1n) is 10.8. The fraction of sp³-hybridized carbons (Fsp3) is 0.208. The zero-order chi connectivity index (χ0) is 24.9. The molecule has 4 aromatic rings. The van der Waals surface area contributed by atoms with Gasteiger partial charge >= 0.3 is 12.0 Å². The Morgan fingerprint density at radius 2 is 1.74 bits per heavy atom. The number of esters is 1. The van der Waals surface area contributed by atoms with Crippen molar-refractivity contribution in [2.45, 2.75) is 26.7 Å². The molecule has 0 aliphatic rings. The predicted octanol–water partition coefficient (Wildman–Crippen LogP) is 5.48. The normalized spacial score (nSPS) is 10.9. The van der Waals surface area contributed by atoms with Gasteiger partial charge in [-0.25, -0.2) is 19.1 Å². The van der Waals surface area contributed by atoms with Crippen LogP contribution in [0.4, 0.5) is 16.2 Å². The fourth-order valence-corrected chi connectivity index (χ4v) is 3.68. The number of carbonyl (C=O) groups excluding carboxylic acids is 2. The summed E-state index contributed by atoms with van der Waals surface area (Å²) in [6.07, 6.45) is 1.11. The highest BCUT2D eigenvalue weighted by molar-refractivity contribution is 6.42. The third-order valence-electron chi connectivity index (χ3n) is 4.97. The van der Waals surface area contributed by atoms with Gasteiger partial charge in [-0.2, -0.15) is 4.98 Å². The third kappa shape index (κ3) is 6.26. The number of anilines is 2. The fourth-order valence-electron chi connectivity index (χ4n) is 3.38. The second-order valence-corrected chi connectivity index (χ2v) is 8.62. The Morgan fingerprint density at radius 1 is 0.971 bits per heavy atom. The molecule has 2 aromatic heterocycles. The van der Waals surface area contributed by atoms with Crippen molar-refractivity contribution >= 4 is 52.4 Å². The van der Waals surface area contributed by atoms with Gasteiger partial charge < -0.3 is 15.4 Å². The minimum Gasteiger partial charge on any atom is -0.462 e. The summed E-state index contributed by atoms with van der Waals surface area (Å²) in [6.45, 7) is 4.06. The quantitative estimate of drug-likeness (QED) is 0.250. The molecule has 35 heavy (non-hydrogen) atoms. The summed E-state index contributed by atoms with van der Waals surface area (Å²) < 4.78 is 7.07. The maximum Gasteiger partial charge on any atom is 0.338 e. The van der Waals surface area contributed by atoms with Crippen LogP contribution >= 0.6 is 23.2 Å². The first-order valence-corrected chi connectivity index (χ1v) is 11.5. The summed E-state index contributed by atoms with van der Waals surface area (Å²) in [5.74, 6) is 0.707. The monoisotopic (exact) mass is 512 g/mol. The van der Waals surface area contributed by atoms with Crippen LogP contribution in [0.3, 0.4) is 0 Å². The maximum absolute atomic E-state index is 12.5. The number of aryl methyl sites for hydroxylation is 3. The lowest BCUT2D eigenvalue weighted by molar-refractivity contribution is 0.0500. The molecule has 2 heterocycles. The van der Waals surface area contributed by atoms with Gasteiger partial charge in [0.15, 0.2) is 5.82 Å². The third-order valence-corrected chi connectivity index (χ3v) is 5.71. The molecule has 2 N–H and O–H groups in total. The van der Waals surface area contributed by atoms with Gasteiger partial charge in [0.25, 0.3) is 5.78 Å². The van der Waals surface area contributed by atoms with Crippen molar-refractivity contribution in [2.24, 2.45) is 0 Å². The van der Waals surface area contributed by atoms with Gasteiger partial charge in [0.05, 0.1) is 22.2 Å². The van der Waals surface area contributed by atoms with Gasteiger partial charge in [-0.3, -0.25) is 0 Å². The molecule has 0 bridgehead atoms. The molecule has 0 atom stereocenters. The van der Waals surface area contributed by atoms with Crippen LogP contribution in [-0.2, 0) is 11.2 Å². The number of nitrogens with one attached hydrogen (secondary N) is 2. The van der Waals surface area contributed by atoms with Crippen LogP contribution in [0.15, 0.2) is 48.5 Å². The van der Waals surface area contributed by atoms with Gasteiger partial charge in [0.2, 0.25) is 0 Å². The van der Waals surface area contributed by atoms with Crippen molar-refractivity contribution in [3.63, 3.8) is 0 Å². The van der Waals surface area contributed by atoms with Gasteiger partial charge in [0, 0.05) is 29.2 Å². The molecule has 11 heteroatoms. The van der Waals surface area contributed by atoms with Crippen molar-refractivity contribution in [1.29, 1.82) is 0 Å². The lowest BCUT2D eigenvalue weighted by Gasteiger charge is -2.10. The second kappa shape index (κ2) is 10.7. The average Bonchev–Trinajstić information content (AvgIpc) is 3.22. The molecule has 0 spiro atoms. The molecule has 2 amide bonds. The number of urea groups is 1. The summed E-state index contributed by atoms with van der Waals surface area (Å²) in [5, 5.41) is 10.5. The molecule has 2 aromatic carbocycles. The Morgan fingerprint density at radius 3 is 2.51 bits per heavy atom. The standard InChI is InChI=1S/C24H22Cl2N6O3/c1-14-11-15(2)32-23(27-14)30-21(31-32)7-4-10-35-22(33)16-5-3-6-17(12-16)28-24(34)29-18-8-9-19(25)20(26)13-18/h3,5-6,8-9,11-13H,4,7,10H2,1-2H3,(H2,28,29,34). The number of ether oxygens (including phenoxy) is 1. The highest BCUT2D eigenvalue weighted by Gasteiger charge is 2.11.